The molecule has 2 aromatic rings. The molecule has 3 N–H and O–H groups in total. The maximum atomic E-state index is 6.20. The molecule has 0 fully saturated rings. The second-order valence-electron chi connectivity index (χ2n) is 3.80. The highest BCUT2D eigenvalue weighted by molar-refractivity contribution is 9.10. The summed E-state index contributed by atoms with van der Waals surface area (Å²) in [4.78, 5) is 1.10. The van der Waals surface area contributed by atoms with Crippen LogP contribution in [0.4, 0.5) is 0 Å². The van der Waals surface area contributed by atoms with Crippen LogP contribution in [0.15, 0.2) is 34.8 Å². The summed E-state index contributed by atoms with van der Waals surface area (Å²) in [7, 11) is 0. The molecule has 0 saturated heterocycles. The van der Waals surface area contributed by atoms with E-state index in [-0.39, 0.29) is 6.04 Å². The molecule has 0 aliphatic rings. The van der Waals surface area contributed by atoms with Crippen LogP contribution >= 0.6 is 50.5 Å². The van der Waals surface area contributed by atoms with E-state index in [1.54, 1.807) is 0 Å². The van der Waals surface area contributed by atoms with Gasteiger partial charge in [0.2, 0.25) is 0 Å². The Balaban J connectivity index is 2.20. The third kappa shape index (κ3) is 3.47. The van der Waals surface area contributed by atoms with Crippen LogP contribution in [-0.4, -0.2) is 0 Å². The van der Waals surface area contributed by atoms with Crippen LogP contribution in [0.2, 0.25) is 9.36 Å². The fourth-order valence-corrected chi connectivity index (χ4v) is 3.54. The van der Waals surface area contributed by atoms with E-state index < -0.39 is 0 Å². The van der Waals surface area contributed by atoms with Crippen molar-refractivity contribution in [2.45, 2.75) is 12.5 Å². The summed E-state index contributed by atoms with van der Waals surface area (Å²) < 4.78 is 1.72. The van der Waals surface area contributed by atoms with Crippen LogP contribution in [0, 0.1) is 0 Å². The van der Waals surface area contributed by atoms with Gasteiger partial charge in [0, 0.05) is 14.4 Å². The molecule has 0 aliphatic heterocycles. The molecule has 1 unspecified atom stereocenters. The maximum Gasteiger partial charge on any atom is 0.0931 e. The molecule has 6 heteroatoms. The number of benzene rings is 1. The lowest BCUT2D eigenvalue weighted by Gasteiger charge is -2.15. The Kier molecular flexibility index (Phi) is 5.06. The average Bonchev–Trinajstić information content (AvgIpc) is 2.75. The Bertz CT molecular complexity index is 545. The first-order chi connectivity index (χ1) is 8.60. The van der Waals surface area contributed by atoms with Gasteiger partial charge < -0.3 is 0 Å². The van der Waals surface area contributed by atoms with E-state index in [4.69, 9.17) is 29.0 Å². The summed E-state index contributed by atoms with van der Waals surface area (Å²) in [5, 5.41) is 0.729. The van der Waals surface area contributed by atoms with E-state index in [2.05, 4.69) is 21.4 Å². The lowest BCUT2D eigenvalue weighted by molar-refractivity contribution is 0.560. The van der Waals surface area contributed by atoms with Crippen LogP contribution in [-0.2, 0) is 6.42 Å². The average molecular weight is 366 g/mol. The minimum absolute atomic E-state index is 0.0150. The minimum atomic E-state index is 0.0150. The van der Waals surface area contributed by atoms with Crippen molar-refractivity contribution in [3.63, 3.8) is 0 Å². The highest BCUT2D eigenvalue weighted by Crippen LogP contribution is 2.31. The van der Waals surface area contributed by atoms with Crippen LogP contribution in [0.1, 0.15) is 16.5 Å². The number of halogens is 3. The summed E-state index contributed by atoms with van der Waals surface area (Å²) in [5.41, 5.74) is 3.85. The topological polar surface area (TPSA) is 38.0 Å². The number of hydrazine groups is 1. The molecular weight excluding hydrogens is 355 g/mol. The fourth-order valence-electron chi connectivity index (χ4n) is 1.66. The van der Waals surface area contributed by atoms with Crippen molar-refractivity contribution in [1.29, 1.82) is 0 Å². The maximum absolute atomic E-state index is 6.20. The smallest absolute Gasteiger partial charge is 0.0931 e. The van der Waals surface area contributed by atoms with E-state index >= 15 is 0 Å². The third-order valence-electron chi connectivity index (χ3n) is 2.58. The van der Waals surface area contributed by atoms with E-state index in [9.17, 15) is 0 Å². The van der Waals surface area contributed by atoms with Crippen molar-refractivity contribution in [2.75, 3.05) is 0 Å². The second kappa shape index (κ2) is 6.37. The van der Waals surface area contributed by atoms with Crippen molar-refractivity contribution >= 4 is 50.5 Å². The van der Waals surface area contributed by atoms with Crippen LogP contribution in [0.5, 0.6) is 0 Å². The lowest BCUT2D eigenvalue weighted by atomic mass is 10.1. The largest absolute Gasteiger partial charge is 0.271 e. The summed E-state index contributed by atoms with van der Waals surface area (Å²) in [5.74, 6) is 5.60. The first-order valence-corrected chi connectivity index (χ1v) is 7.62. The van der Waals surface area contributed by atoms with Crippen molar-refractivity contribution in [2.24, 2.45) is 5.84 Å². The van der Waals surface area contributed by atoms with Gasteiger partial charge in [-0.05, 0) is 36.2 Å². The van der Waals surface area contributed by atoms with E-state index in [1.165, 1.54) is 11.3 Å². The number of nitrogens with two attached hydrogens (primary N) is 1. The van der Waals surface area contributed by atoms with E-state index in [1.807, 2.05) is 30.3 Å². The van der Waals surface area contributed by atoms with Gasteiger partial charge >= 0.3 is 0 Å². The van der Waals surface area contributed by atoms with Crippen LogP contribution in [0.25, 0.3) is 0 Å². The standard InChI is InChI=1S/C12H11BrCl2N2S/c13-8-2-1-7(9(14)6-8)5-10(17-16)11-3-4-12(15)18-11/h1-4,6,10,17H,5,16H2. The zero-order chi connectivity index (χ0) is 13.1. The monoisotopic (exact) mass is 364 g/mol. The molecule has 0 aliphatic carbocycles. The van der Waals surface area contributed by atoms with Gasteiger partial charge in [-0.2, -0.15) is 0 Å². The minimum Gasteiger partial charge on any atom is -0.271 e. The molecule has 2 nitrogen and oxygen atoms in total. The highest BCUT2D eigenvalue weighted by atomic mass is 79.9. The number of thiophene rings is 1. The number of hydrogen-bond acceptors (Lipinski definition) is 3. The Morgan fingerprint density at radius 2 is 2.06 bits per heavy atom. The Morgan fingerprint density at radius 3 is 2.61 bits per heavy atom. The Hall–Kier alpha value is -0.100. The molecule has 0 saturated carbocycles. The first kappa shape index (κ1) is 14.3. The molecule has 0 amide bonds. The fraction of sp³-hybridized carbons (Fsp3) is 0.167. The summed E-state index contributed by atoms with van der Waals surface area (Å²) >= 11 is 17.0. The molecule has 0 bridgehead atoms. The Labute approximate surface area is 128 Å². The van der Waals surface area contributed by atoms with Crippen molar-refractivity contribution < 1.29 is 0 Å². The number of nitrogens with one attached hydrogen (secondary N) is 1. The van der Waals surface area contributed by atoms with Gasteiger partial charge in [-0.1, -0.05) is 45.2 Å². The van der Waals surface area contributed by atoms with Crippen LogP contribution < -0.4 is 11.3 Å². The van der Waals surface area contributed by atoms with Crippen molar-refractivity contribution in [3.8, 4) is 0 Å². The number of rotatable bonds is 4. The van der Waals surface area contributed by atoms with Gasteiger partial charge in [0.15, 0.2) is 0 Å². The summed E-state index contributed by atoms with van der Waals surface area (Å²) in [6, 6.07) is 9.70. The van der Waals surface area contributed by atoms with E-state index in [0.29, 0.717) is 0 Å². The van der Waals surface area contributed by atoms with Gasteiger partial charge in [-0.25, -0.2) is 0 Å². The molecule has 18 heavy (non-hydrogen) atoms. The first-order valence-electron chi connectivity index (χ1n) is 5.25. The van der Waals surface area contributed by atoms with Crippen LogP contribution in [0.3, 0.4) is 0 Å². The van der Waals surface area contributed by atoms with Gasteiger partial charge in [0.05, 0.1) is 10.4 Å². The summed E-state index contributed by atoms with van der Waals surface area (Å²) in [6.45, 7) is 0. The van der Waals surface area contributed by atoms with Crippen molar-refractivity contribution in [3.05, 3.63) is 54.6 Å². The molecular formula is C12H11BrCl2N2S. The van der Waals surface area contributed by atoms with Gasteiger partial charge in [0.1, 0.15) is 0 Å². The van der Waals surface area contributed by atoms with Gasteiger partial charge in [-0.3, -0.25) is 11.3 Å². The molecule has 0 radical (unpaired) electrons. The molecule has 2 rings (SSSR count). The quantitative estimate of drug-likeness (QED) is 0.615. The SMILES string of the molecule is NNC(Cc1ccc(Br)cc1Cl)c1ccc(Cl)s1. The lowest BCUT2D eigenvalue weighted by Crippen LogP contribution is -2.29. The van der Waals surface area contributed by atoms with Gasteiger partial charge in [0.25, 0.3) is 0 Å². The Morgan fingerprint density at radius 1 is 1.28 bits per heavy atom. The molecule has 0 spiro atoms. The number of hydrogen-bond donors (Lipinski definition) is 2. The van der Waals surface area contributed by atoms with E-state index in [0.717, 1.165) is 30.7 Å². The predicted octanol–water partition coefficient (Wildman–Crippen LogP) is 4.56. The summed E-state index contributed by atoms with van der Waals surface area (Å²) in [6.07, 6.45) is 0.722. The molecule has 1 heterocycles. The third-order valence-corrected chi connectivity index (χ3v) is 4.77. The normalized spacial score (nSPS) is 12.7. The molecule has 1 atom stereocenters. The van der Waals surface area contributed by atoms with Gasteiger partial charge in [-0.15, -0.1) is 11.3 Å². The van der Waals surface area contributed by atoms with Crippen molar-refractivity contribution in [1.82, 2.24) is 5.43 Å². The second-order valence-corrected chi connectivity index (χ2v) is 6.87. The molecule has 1 aromatic carbocycles. The zero-order valence-corrected chi connectivity index (χ0v) is 13.2. The zero-order valence-electron chi connectivity index (χ0n) is 9.29. The molecule has 96 valence electrons. The predicted molar refractivity (Wildman–Crippen MR) is 82.2 cm³/mol. The highest BCUT2D eigenvalue weighted by Gasteiger charge is 2.14. The molecule has 1 aromatic heterocycles.